The average molecular weight is 404 g/mol. The van der Waals surface area contributed by atoms with Crippen molar-refractivity contribution in [2.75, 3.05) is 11.4 Å². The molecule has 1 N–H and O–H groups in total. The largest absolute Gasteiger partial charge is 0.479 e. The summed E-state index contributed by atoms with van der Waals surface area (Å²) in [6.07, 6.45) is 2.47. The summed E-state index contributed by atoms with van der Waals surface area (Å²) in [4.78, 5) is 24.4. The molecule has 1 saturated heterocycles. The summed E-state index contributed by atoms with van der Waals surface area (Å²) in [7, 11) is 0. The topological polar surface area (TPSA) is 83.7 Å². The lowest BCUT2D eigenvalue weighted by Gasteiger charge is -2.36. The average Bonchev–Trinajstić information content (AvgIpc) is 2.84. The molecule has 0 aliphatic carbocycles. The second-order valence-corrected chi connectivity index (χ2v) is 6.48. The van der Waals surface area contributed by atoms with Crippen LogP contribution in [0.4, 0.5) is 11.4 Å². The van der Waals surface area contributed by atoms with Gasteiger partial charge in [-0.1, -0.05) is 13.3 Å². The van der Waals surface area contributed by atoms with Crippen LogP contribution in [0.3, 0.4) is 0 Å². The van der Waals surface area contributed by atoms with Gasteiger partial charge in [0.15, 0.2) is 0 Å². The van der Waals surface area contributed by atoms with E-state index in [4.69, 9.17) is 0 Å². The number of rotatable bonds is 5. The third-order valence-corrected chi connectivity index (χ3v) is 4.65. The van der Waals surface area contributed by atoms with Gasteiger partial charge in [0.25, 0.3) is 5.69 Å². The Balaban J connectivity index is 2.54. The standard InChI is InChI=1S/C14H17IN2O4/c1-2-6-14(13(18)19)7-3-8-16(14)11-5-4-10(15)9-12(11)17(20)21/h4-5,9H,2-3,6-8H2,1H3,(H,18,19). The smallest absolute Gasteiger partial charge is 0.329 e. The summed E-state index contributed by atoms with van der Waals surface area (Å²) in [6.45, 7) is 2.47. The van der Waals surface area contributed by atoms with Crippen LogP contribution in [0, 0.1) is 13.7 Å². The molecule has 0 radical (unpaired) electrons. The van der Waals surface area contributed by atoms with E-state index in [0.717, 1.165) is 16.4 Å². The monoisotopic (exact) mass is 404 g/mol. The summed E-state index contributed by atoms with van der Waals surface area (Å²) in [5, 5.41) is 21.0. The minimum atomic E-state index is -1.02. The van der Waals surface area contributed by atoms with Crippen LogP contribution < -0.4 is 4.90 Å². The highest BCUT2D eigenvalue weighted by atomic mass is 127. The van der Waals surface area contributed by atoms with Crippen molar-refractivity contribution in [1.82, 2.24) is 0 Å². The maximum absolute atomic E-state index is 11.8. The second-order valence-electron chi connectivity index (χ2n) is 5.23. The number of nitro benzene ring substituents is 1. The van der Waals surface area contributed by atoms with Crippen LogP contribution >= 0.6 is 22.6 Å². The fourth-order valence-electron chi connectivity index (χ4n) is 3.10. The minimum absolute atomic E-state index is 0.0227. The molecule has 114 valence electrons. The number of carboxylic acid groups (broad SMARTS) is 1. The van der Waals surface area contributed by atoms with Gasteiger partial charge in [-0.3, -0.25) is 10.1 Å². The zero-order valence-electron chi connectivity index (χ0n) is 11.7. The van der Waals surface area contributed by atoms with Gasteiger partial charge in [0.05, 0.1) is 4.92 Å². The quantitative estimate of drug-likeness (QED) is 0.462. The minimum Gasteiger partial charge on any atom is -0.479 e. The Hall–Kier alpha value is -1.38. The van der Waals surface area contributed by atoms with Gasteiger partial charge in [0.2, 0.25) is 0 Å². The highest BCUT2D eigenvalue weighted by Gasteiger charge is 2.48. The zero-order chi connectivity index (χ0) is 15.6. The Morgan fingerprint density at radius 3 is 2.86 bits per heavy atom. The lowest BCUT2D eigenvalue weighted by Crippen LogP contribution is -2.51. The molecule has 0 spiro atoms. The van der Waals surface area contributed by atoms with Crippen LogP contribution in [0.5, 0.6) is 0 Å². The Morgan fingerprint density at radius 1 is 1.57 bits per heavy atom. The molecule has 21 heavy (non-hydrogen) atoms. The Bertz CT molecular complexity index is 578. The summed E-state index contributed by atoms with van der Waals surface area (Å²) < 4.78 is 0.763. The fraction of sp³-hybridized carbons (Fsp3) is 0.500. The maximum atomic E-state index is 11.8. The first-order valence-corrected chi connectivity index (χ1v) is 7.95. The van der Waals surface area contributed by atoms with Crippen LogP contribution in [-0.2, 0) is 4.79 Å². The highest BCUT2D eigenvalue weighted by Crippen LogP contribution is 2.42. The van der Waals surface area contributed by atoms with Crippen molar-refractivity contribution in [3.8, 4) is 0 Å². The number of anilines is 1. The van der Waals surface area contributed by atoms with E-state index < -0.39 is 16.4 Å². The van der Waals surface area contributed by atoms with Crippen LogP contribution in [0.15, 0.2) is 18.2 Å². The van der Waals surface area contributed by atoms with Crippen LogP contribution in [0.1, 0.15) is 32.6 Å². The van der Waals surface area contributed by atoms with E-state index >= 15 is 0 Å². The van der Waals surface area contributed by atoms with Crippen molar-refractivity contribution in [1.29, 1.82) is 0 Å². The summed E-state index contributed by atoms with van der Waals surface area (Å²) in [5.74, 6) is -0.894. The molecule has 1 aromatic carbocycles. The molecule has 1 aromatic rings. The molecule has 1 heterocycles. The molecule has 1 unspecified atom stereocenters. The van der Waals surface area contributed by atoms with E-state index in [9.17, 15) is 20.0 Å². The van der Waals surface area contributed by atoms with Crippen molar-refractivity contribution in [2.45, 2.75) is 38.1 Å². The summed E-state index contributed by atoms with van der Waals surface area (Å²) >= 11 is 2.02. The maximum Gasteiger partial charge on any atom is 0.329 e. The fourth-order valence-corrected chi connectivity index (χ4v) is 3.58. The van der Waals surface area contributed by atoms with Gasteiger partial charge in [0, 0.05) is 16.2 Å². The molecular formula is C14H17IN2O4. The first-order chi connectivity index (χ1) is 9.92. The predicted molar refractivity (Wildman–Crippen MR) is 87.7 cm³/mol. The van der Waals surface area contributed by atoms with Crippen molar-refractivity contribution < 1.29 is 14.8 Å². The van der Waals surface area contributed by atoms with Gasteiger partial charge in [-0.15, -0.1) is 0 Å². The van der Waals surface area contributed by atoms with Gasteiger partial charge in [0.1, 0.15) is 11.2 Å². The van der Waals surface area contributed by atoms with Gasteiger partial charge in [-0.2, -0.15) is 0 Å². The van der Waals surface area contributed by atoms with E-state index in [1.54, 1.807) is 17.0 Å². The normalized spacial score (nSPS) is 21.5. The molecule has 7 heteroatoms. The number of nitro groups is 1. The van der Waals surface area contributed by atoms with Crippen LogP contribution in [0.25, 0.3) is 0 Å². The van der Waals surface area contributed by atoms with Gasteiger partial charge >= 0.3 is 5.97 Å². The Kier molecular flexibility index (Phi) is 4.70. The molecule has 1 aliphatic rings. The predicted octanol–water partition coefficient (Wildman–Crippen LogP) is 3.42. The van der Waals surface area contributed by atoms with E-state index in [1.165, 1.54) is 6.07 Å². The lowest BCUT2D eigenvalue weighted by atomic mass is 9.90. The first kappa shape index (κ1) is 16.0. The third-order valence-electron chi connectivity index (χ3n) is 3.98. The van der Waals surface area contributed by atoms with Crippen molar-refractivity contribution in [3.63, 3.8) is 0 Å². The first-order valence-electron chi connectivity index (χ1n) is 6.87. The number of hydrogen-bond donors (Lipinski definition) is 1. The van der Waals surface area contributed by atoms with Gasteiger partial charge < -0.3 is 10.0 Å². The zero-order valence-corrected chi connectivity index (χ0v) is 13.9. The molecular weight excluding hydrogens is 387 g/mol. The van der Waals surface area contributed by atoms with Gasteiger partial charge in [-0.05, 0) is 54.0 Å². The number of aliphatic carboxylic acids is 1. The Labute approximate surface area is 136 Å². The lowest BCUT2D eigenvalue weighted by molar-refractivity contribution is -0.384. The number of hydrogen-bond acceptors (Lipinski definition) is 4. The molecule has 0 amide bonds. The Morgan fingerprint density at radius 2 is 2.29 bits per heavy atom. The SMILES string of the molecule is CCCC1(C(=O)O)CCCN1c1ccc(I)cc1[N+](=O)[O-]. The number of halogens is 1. The van der Waals surface area contributed by atoms with Crippen molar-refractivity contribution >= 4 is 39.9 Å². The molecule has 0 bridgehead atoms. The van der Waals surface area contributed by atoms with Gasteiger partial charge in [-0.25, -0.2) is 4.79 Å². The van der Waals surface area contributed by atoms with E-state index in [1.807, 2.05) is 29.5 Å². The third kappa shape index (κ3) is 2.83. The summed E-state index contributed by atoms with van der Waals surface area (Å²) in [5.41, 5.74) is -0.633. The van der Waals surface area contributed by atoms with Crippen molar-refractivity contribution in [3.05, 3.63) is 31.9 Å². The van der Waals surface area contributed by atoms with E-state index in [-0.39, 0.29) is 5.69 Å². The van der Waals surface area contributed by atoms with E-state index in [2.05, 4.69) is 0 Å². The number of carboxylic acids is 1. The number of benzene rings is 1. The molecule has 0 aromatic heterocycles. The highest BCUT2D eigenvalue weighted by molar-refractivity contribution is 14.1. The molecule has 2 rings (SSSR count). The number of carbonyl (C=O) groups is 1. The van der Waals surface area contributed by atoms with Crippen molar-refractivity contribution in [2.24, 2.45) is 0 Å². The molecule has 1 aliphatic heterocycles. The molecule has 1 fully saturated rings. The van der Waals surface area contributed by atoms with Crippen LogP contribution in [-0.4, -0.2) is 28.1 Å². The van der Waals surface area contributed by atoms with E-state index in [0.29, 0.717) is 25.1 Å². The molecule has 0 saturated carbocycles. The molecule has 6 nitrogen and oxygen atoms in total. The number of nitrogens with zero attached hydrogens (tertiary/aromatic N) is 2. The van der Waals surface area contributed by atoms with Crippen LogP contribution in [0.2, 0.25) is 0 Å². The summed E-state index contributed by atoms with van der Waals surface area (Å²) in [6, 6.07) is 4.94. The molecule has 1 atom stereocenters. The second kappa shape index (κ2) is 6.17.